The summed E-state index contributed by atoms with van der Waals surface area (Å²) in [6.45, 7) is 5.37. The van der Waals surface area contributed by atoms with E-state index in [0.29, 0.717) is 33.8 Å². The normalized spacial score (nSPS) is 21.1. The summed E-state index contributed by atoms with van der Waals surface area (Å²) in [5.41, 5.74) is 0.949. The molecule has 0 amide bonds. The maximum Gasteiger partial charge on any atom is 0.340 e. The van der Waals surface area contributed by atoms with Crippen LogP contribution in [0.5, 0.6) is 11.5 Å². The van der Waals surface area contributed by atoms with Crippen LogP contribution in [0.4, 0.5) is 0 Å². The van der Waals surface area contributed by atoms with Crippen molar-refractivity contribution in [3.63, 3.8) is 0 Å². The van der Waals surface area contributed by atoms with Crippen molar-refractivity contribution in [2.24, 2.45) is 0 Å². The van der Waals surface area contributed by atoms with Crippen molar-refractivity contribution in [1.82, 2.24) is 0 Å². The van der Waals surface area contributed by atoms with Crippen LogP contribution in [0.1, 0.15) is 28.4 Å². The van der Waals surface area contributed by atoms with Gasteiger partial charge in [0.25, 0.3) is 0 Å². The minimum absolute atomic E-state index is 0.0163. The van der Waals surface area contributed by atoms with Gasteiger partial charge in [-0.05, 0) is 25.1 Å². The van der Waals surface area contributed by atoms with E-state index in [2.05, 4.69) is 6.58 Å². The molecule has 0 radical (unpaired) electrons. The number of carbonyl (C=O) groups is 1. The first-order chi connectivity index (χ1) is 12.5. The van der Waals surface area contributed by atoms with E-state index in [0.717, 1.165) is 0 Å². The SMILES string of the molecule is C=CC1=C(/C=C(\C)O)Oc2cc(O)ccc2C12OC(=O)c1ccccc12. The van der Waals surface area contributed by atoms with Gasteiger partial charge in [0.2, 0.25) is 0 Å². The molecule has 2 aromatic rings. The molecular weight excluding hydrogens is 332 g/mol. The minimum Gasteiger partial charge on any atom is -0.512 e. The Morgan fingerprint density at radius 2 is 1.96 bits per heavy atom. The van der Waals surface area contributed by atoms with E-state index >= 15 is 0 Å². The highest BCUT2D eigenvalue weighted by atomic mass is 16.6. The van der Waals surface area contributed by atoms with Crippen LogP contribution in [0.3, 0.4) is 0 Å². The Labute approximate surface area is 150 Å². The second-order valence-electron chi connectivity index (χ2n) is 6.17. The Bertz CT molecular complexity index is 1010. The van der Waals surface area contributed by atoms with Crippen molar-refractivity contribution in [3.8, 4) is 11.5 Å². The standard InChI is InChI=1S/C21H16O5/c1-3-15-18(10-12(2)22)25-19-11-13(23)8-9-17(19)21(15)16-7-5-4-6-14(16)20(24)26-21/h3-11,22-23H,1H2,2H3/b12-10+. The molecule has 0 saturated carbocycles. The van der Waals surface area contributed by atoms with Crippen LogP contribution in [-0.2, 0) is 10.3 Å². The van der Waals surface area contributed by atoms with Crippen molar-refractivity contribution >= 4 is 5.97 Å². The number of ether oxygens (including phenoxy) is 2. The lowest BCUT2D eigenvalue weighted by Gasteiger charge is -2.36. The molecule has 1 spiro atoms. The van der Waals surface area contributed by atoms with Crippen molar-refractivity contribution in [2.45, 2.75) is 12.5 Å². The first-order valence-electron chi connectivity index (χ1n) is 8.06. The zero-order valence-corrected chi connectivity index (χ0v) is 14.0. The number of aromatic hydroxyl groups is 1. The fourth-order valence-electron chi connectivity index (χ4n) is 3.54. The highest BCUT2D eigenvalue weighted by Gasteiger charge is 2.53. The Balaban J connectivity index is 2.12. The van der Waals surface area contributed by atoms with Crippen LogP contribution in [0.25, 0.3) is 0 Å². The number of carbonyl (C=O) groups excluding carboxylic acids is 1. The quantitative estimate of drug-likeness (QED) is 0.631. The van der Waals surface area contributed by atoms with E-state index in [9.17, 15) is 15.0 Å². The third kappa shape index (κ3) is 2.07. The molecule has 2 aromatic carbocycles. The van der Waals surface area contributed by atoms with Crippen LogP contribution in [-0.4, -0.2) is 16.2 Å². The second-order valence-corrected chi connectivity index (χ2v) is 6.17. The molecule has 5 nitrogen and oxygen atoms in total. The molecule has 0 saturated heterocycles. The van der Waals surface area contributed by atoms with Gasteiger partial charge < -0.3 is 19.7 Å². The van der Waals surface area contributed by atoms with Crippen molar-refractivity contribution in [3.05, 3.63) is 95.0 Å². The number of esters is 1. The van der Waals surface area contributed by atoms with Gasteiger partial charge >= 0.3 is 5.97 Å². The fourth-order valence-corrected chi connectivity index (χ4v) is 3.54. The van der Waals surface area contributed by atoms with Gasteiger partial charge in [0.05, 0.1) is 11.3 Å². The minimum atomic E-state index is -1.25. The summed E-state index contributed by atoms with van der Waals surface area (Å²) in [5.74, 6) is 0.221. The zero-order chi connectivity index (χ0) is 18.5. The lowest BCUT2D eigenvalue weighted by molar-refractivity contribution is 0.0217. The largest absolute Gasteiger partial charge is 0.512 e. The molecule has 0 aliphatic carbocycles. The number of aliphatic hydroxyl groups is 1. The third-order valence-electron chi connectivity index (χ3n) is 4.53. The number of benzene rings is 2. The van der Waals surface area contributed by atoms with Gasteiger partial charge in [-0.1, -0.05) is 30.9 Å². The zero-order valence-electron chi connectivity index (χ0n) is 14.0. The number of hydrogen-bond acceptors (Lipinski definition) is 5. The van der Waals surface area contributed by atoms with E-state index in [1.165, 1.54) is 25.1 Å². The molecule has 0 fully saturated rings. The first-order valence-corrected chi connectivity index (χ1v) is 8.06. The number of aliphatic hydroxyl groups excluding tert-OH is 1. The number of allylic oxidation sites excluding steroid dienone is 2. The Hall–Kier alpha value is -3.47. The molecule has 2 heterocycles. The highest BCUT2D eigenvalue weighted by Crippen LogP contribution is 2.54. The van der Waals surface area contributed by atoms with E-state index in [1.54, 1.807) is 24.3 Å². The van der Waals surface area contributed by atoms with Crippen molar-refractivity contribution < 1.29 is 24.5 Å². The smallest absolute Gasteiger partial charge is 0.340 e. The third-order valence-corrected chi connectivity index (χ3v) is 4.53. The summed E-state index contributed by atoms with van der Waals surface area (Å²) in [7, 11) is 0. The molecule has 0 bridgehead atoms. The first kappa shape index (κ1) is 16.0. The van der Waals surface area contributed by atoms with Crippen LogP contribution < -0.4 is 4.74 Å². The average molecular weight is 348 g/mol. The summed E-state index contributed by atoms with van der Waals surface area (Å²) >= 11 is 0. The van der Waals surface area contributed by atoms with Gasteiger partial charge in [0.15, 0.2) is 5.60 Å². The number of hydrogen-bond donors (Lipinski definition) is 2. The number of rotatable bonds is 2. The number of phenols is 1. The van der Waals surface area contributed by atoms with Gasteiger partial charge in [-0.2, -0.15) is 0 Å². The van der Waals surface area contributed by atoms with Gasteiger partial charge in [-0.15, -0.1) is 0 Å². The maximum absolute atomic E-state index is 12.6. The van der Waals surface area contributed by atoms with Gasteiger partial charge in [-0.25, -0.2) is 4.79 Å². The molecule has 4 rings (SSSR count). The van der Waals surface area contributed by atoms with Crippen LogP contribution in [0.15, 0.2) is 78.3 Å². The van der Waals surface area contributed by atoms with Crippen molar-refractivity contribution in [1.29, 1.82) is 0 Å². The van der Waals surface area contributed by atoms with Crippen LogP contribution in [0, 0.1) is 0 Å². The molecular formula is C21H16O5. The van der Waals surface area contributed by atoms with Gasteiger partial charge in [0, 0.05) is 28.8 Å². The Morgan fingerprint density at radius 3 is 2.69 bits per heavy atom. The van der Waals surface area contributed by atoms with E-state index in [1.807, 2.05) is 12.1 Å². The number of fused-ring (bicyclic) bond motifs is 4. The average Bonchev–Trinajstić information content (AvgIpc) is 2.88. The van der Waals surface area contributed by atoms with E-state index in [4.69, 9.17) is 9.47 Å². The maximum atomic E-state index is 12.6. The summed E-state index contributed by atoms with van der Waals surface area (Å²) in [6, 6.07) is 11.7. The topological polar surface area (TPSA) is 76.0 Å². The summed E-state index contributed by atoms with van der Waals surface area (Å²) in [5, 5.41) is 19.6. The molecule has 26 heavy (non-hydrogen) atoms. The highest BCUT2D eigenvalue weighted by molar-refractivity contribution is 5.97. The van der Waals surface area contributed by atoms with E-state index in [-0.39, 0.29) is 11.5 Å². The summed E-state index contributed by atoms with van der Waals surface area (Å²) < 4.78 is 11.8. The predicted octanol–water partition coefficient (Wildman–Crippen LogP) is 4.10. The lowest BCUT2D eigenvalue weighted by atomic mass is 9.77. The molecule has 130 valence electrons. The lowest BCUT2D eigenvalue weighted by Crippen LogP contribution is -2.34. The molecule has 0 aromatic heterocycles. The van der Waals surface area contributed by atoms with Gasteiger partial charge in [-0.3, -0.25) is 0 Å². The predicted molar refractivity (Wildman–Crippen MR) is 95.0 cm³/mol. The van der Waals surface area contributed by atoms with Crippen LogP contribution >= 0.6 is 0 Å². The molecule has 2 N–H and O–H groups in total. The van der Waals surface area contributed by atoms with Crippen LogP contribution in [0.2, 0.25) is 0 Å². The molecule has 1 unspecified atom stereocenters. The molecule has 1 atom stereocenters. The van der Waals surface area contributed by atoms with Gasteiger partial charge in [0.1, 0.15) is 17.3 Å². The second kappa shape index (κ2) is 5.52. The monoisotopic (exact) mass is 348 g/mol. The molecule has 2 aliphatic heterocycles. The Morgan fingerprint density at radius 1 is 1.19 bits per heavy atom. The summed E-state index contributed by atoms with van der Waals surface area (Å²) in [6.07, 6.45) is 2.99. The fraction of sp³-hybridized carbons (Fsp3) is 0.0952. The molecule has 2 aliphatic rings. The number of phenolic OH excluding ortho intramolecular Hbond substituents is 1. The molecule has 5 heteroatoms. The Kier molecular flexibility index (Phi) is 3.40. The van der Waals surface area contributed by atoms with Crippen molar-refractivity contribution in [2.75, 3.05) is 0 Å². The van der Waals surface area contributed by atoms with E-state index < -0.39 is 11.6 Å². The summed E-state index contributed by atoms with van der Waals surface area (Å²) in [4.78, 5) is 12.6.